The first-order valence-electron chi connectivity index (χ1n) is 6.57. The van der Waals surface area contributed by atoms with Crippen molar-refractivity contribution in [3.05, 3.63) is 24.3 Å². The lowest BCUT2D eigenvalue weighted by molar-refractivity contribution is 0.289. The Morgan fingerprint density at radius 3 is 2.47 bits per heavy atom. The lowest BCUT2D eigenvalue weighted by Crippen LogP contribution is -2.21. The summed E-state index contributed by atoms with van der Waals surface area (Å²) in [4.78, 5) is 0. The molecule has 1 aromatic rings. The molecule has 0 fully saturated rings. The normalized spacial score (nSPS) is 13.8. The molecule has 0 saturated heterocycles. The van der Waals surface area contributed by atoms with Gasteiger partial charge in [-0.25, -0.2) is 0 Å². The largest absolute Gasteiger partial charge is 0.490 e. The summed E-state index contributed by atoms with van der Waals surface area (Å²) in [5, 5.41) is 0. The van der Waals surface area contributed by atoms with Crippen LogP contribution >= 0.6 is 0 Å². The van der Waals surface area contributed by atoms with Crippen molar-refractivity contribution in [1.29, 1.82) is 0 Å². The molecule has 0 saturated carbocycles. The van der Waals surface area contributed by atoms with E-state index in [0.29, 0.717) is 37.0 Å². The molecule has 4 nitrogen and oxygen atoms in total. The number of benzene rings is 1. The van der Waals surface area contributed by atoms with Crippen LogP contribution in [0, 0.1) is 5.92 Å². The van der Waals surface area contributed by atoms with E-state index in [9.17, 15) is 4.21 Å². The molecule has 2 atom stereocenters. The van der Waals surface area contributed by atoms with Gasteiger partial charge in [0.2, 0.25) is 0 Å². The third kappa shape index (κ3) is 6.07. The Bertz CT molecular complexity index is 398. The van der Waals surface area contributed by atoms with E-state index in [1.807, 2.05) is 38.1 Å². The molecule has 1 aromatic carbocycles. The second-order valence-electron chi connectivity index (χ2n) is 4.38. The van der Waals surface area contributed by atoms with Gasteiger partial charge >= 0.3 is 0 Å². The number of nitrogens with two attached hydrogens (primary N) is 1. The summed E-state index contributed by atoms with van der Waals surface area (Å²) in [7, 11) is -0.880. The van der Waals surface area contributed by atoms with Gasteiger partial charge in [0.1, 0.15) is 0 Å². The average molecular weight is 285 g/mol. The summed E-state index contributed by atoms with van der Waals surface area (Å²) in [5.74, 6) is 2.87. The van der Waals surface area contributed by atoms with Crippen LogP contribution in [0.25, 0.3) is 0 Å². The van der Waals surface area contributed by atoms with E-state index in [4.69, 9.17) is 15.2 Å². The Morgan fingerprint density at radius 1 is 1.26 bits per heavy atom. The minimum atomic E-state index is -0.880. The summed E-state index contributed by atoms with van der Waals surface area (Å²) in [6.45, 7) is 5.53. The van der Waals surface area contributed by atoms with E-state index in [2.05, 4.69) is 0 Å². The van der Waals surface area contributed by atoms with Crippen molar-refractivity contribution < 1.29 is 13.7 Å². The van der Waals surface area contributed by atoms with Crippen LogP contribution in [0.4, 0.5) is 0 Å². The predicted octanol–water partition coefficient (Wildman–Crippen LogP) is 1.81. The Hall–Kier alpha value is -1.07. The molecule has 0 spiro atoms. The van der Waals surface area contributed by atoms with E-state index in [1.54, 1.807) is 0 Å². The van der Waals surface area contributed by atoms with Crippen LogP contribution in [0.2, 0.25) is 0 Å². The molecular weight excluding hydrogens is 262 g/mol. The van der Waals surface area contributed by atoms with Crippen LogP contribution in [0.3, 0.4) is 0 Å². The van der Waals surface area contributed by atoms with Gasteiger partial charge < -0.3 is 15.2 Å². The summed E-state index contributed by atoms with van der Waals surface area (Å²) < 4.78 is 22.8. The number of hydrogen-bond donors (Lipinski definition) is 1. The quantitative estimate of drug-likeness (QED) is 0.751. The number of rotatable bonds is 9. The molecule has 19 heavy (non-hydrogen) atoms. The zero-order valence-corrected chi connectivity index (χ0v) is 12.4. The Labute approximate surface area is 117 Å². The molecule has 5 heteroatoms. The number of ether oxygens (including phenoxy) is 2. The van der Waals surface area contributed by atoms with Gasteiger partial charge in [-0.2, -0.15) is 0 Å². The van der Waals surface area contributed by atoms with Crippen molar-refractivity contribution in [3.63, 3.8) is 0 Å². The highest BCUT2D eigenvalue weighted by Crippen LogP contribution is 2.26. The summed E-state index contributed by atoms with van der Waals surface area (Å²) in [5.41, 5.74) is 5.51. The number of hydrogen-bond acceptors (Lipinski definition) is 4. The first kappa shape index (κ1) is 16.0. The van der Waals surface area contributed by atoms with Crippen LogP contribution < -0.4 is 15.2 Å². The van der Waals surface area contributed by atoms with Crippen molar-refractivity contribution in [2.45, 2.75) is 13.8 Å². The van der Waals surface area contributed by atoms with E-state index in [1.165, 1.54) is 0 Å². The zero-order chi connectivity index (χ0) is 14.1. The van der Waals surface area contributed by atoms with Gasteiger partial charge in [-0.3, -0.25) is 4.21 Å². The highest BCUT2D eigenvalue weighted by molar-refractivity contribution is 7.85. The lowest BCUT2D eigenvalue weighted by Gasteiger charge is -2.12. The highest BCUT2D eigenvalue weighted by Gasteiger charge is 2.08. The molecular formula is C14H23NO3S. The van der Waals surface area contributed by atoms with Gasteiger partial charge in [-0.05, 0) is 31.5 Å². The molecule has 1 rings (SSSR count). The number of para-hydroxylation sites is 2. The molecule has 0 heterocycles. The van der Waals surface area contributed by atoms with Crippen molar-refractivity contribution in [2.24, 2.45) is 11.7 Å². The molecule has 0 aromatic heterocycles. The van der Waals surface area contributed by atoms with Crippen molar-refractivity contribution in [1.82, 2.24) is 0 Å². The second-order valence-corrected chi connectivity index (χ2v) is 6.00. The van der Waals surface area contributed by atoms with Gasteiger partial charge in [-0.15, -0.1) is 0 Å². The van der Waals surface area contributed by atoms with Crippen LogP contribution in [0.5, 0.6) is 11.5 Å². The smallest absolute Gasteiger partial charge is 0.161 e. The third-order valence-electron chi connectivity index (χ3n) is 2.59. The van der Waals surface area contributed by atoms with E-state index in [-0.39, 0.29) is 5.92 Å². The van der Waals surface area contributed by atoms with Gasteiger partial charge in [0.15, 0.2) is 11.5 Å². The maximum atomic E-state index is 11.8. The monoisotopic (exact) mass is 285 g/mol. The Morgan fingerprint density at radius 2 is 1.89 bits per heavy atom. The predicted molar refractivity (Wildman–Crippen MR) is 79.2 cm³/mol. The third-order valence-corrected chi connectivity index (χ3v) is 4.15. The molecule has 0 aliphatic carbocycles. The highest BCUT2D eigenvalue weighted by atomic mass is 32.2. The molecule has 108 valence electrons. The van der Waals surface area contributed by atoms with Crippen LogP contribution in [-0.2, 0) is 10.8 Å². The molecule has 2 unspecified atom stereocenters. The maximum Gasteiger partial charge on any atom is 0.161 e. The van der Waals surface area contributed by atoms with Gasteiger partial charge in [-0.1, -0.05) is 19.1 Å². The van der Waals surface area contributed by atoms with Crippen molar-refractivity contribution in [2.75, 3.05) is 31.3 Å². The van der Waals surface area contributed by atoms with E-state index >= 15 is 0 Å². The topological polar surface area (TPSA) is 61.5 Å². The molecule has 0 aliphatic rings. The molecule has 2 N–H and O–H groups in total. The van der Waals surface area contributed by atoms with Gasteiger partial charge in [0.05, 0.1) is 19.0 Å². The SMILES string of the molecule is CCOc1ccccc1OCCS(=O)CC(C)CN. The molecule has 0 bridgehead atoms. The van der Waals surface area contributed by atoms with Crippen LogP contribution in [0.15, 0.2) is 24.3 Å². The Balaban J connectivity index is 2.38. The summed E-state index contributed by atoms with van der Waals surface area (Å²) >= 11 is 0. The minimum Gasteiger partial charge on any atom is -0.490 e. The van der Waals surface area contributed by atoms with Crippen LogP contribution in [0.1, 0.15) is 13.8 Å². The summed E-state index contributed by atoms with van der Waals surface area (Å²) in [6, 6.07) is 7.52. The first-order valence-corrected chi connectivity index (χ1v) is 8.05. The standard InChI is InChI=1S/C14H23NO3S/c1-3-17-13-6-4-5-7-14(13)18-8-9-19(16)11-12(2)10-15/h4-7,12H,3,8-11,15H2,1-2H3. The molecule has 0 amide bonds. The van der Waals surface area contributed by atoms with Crippen molar-refractivity contribution in [3.8, 4) is 11.5 Å². The fourth-order valence-corrected chi connectivity index (χ4v) is 2.76. The fraction of sp³-hybridized carbons (Fsp3) is 0.571. The maximum absolute atomic E-state index is 11.8. The lowest BCUT2D eigenvalue weighted by atomic mass is 10.2. The average Bonchev–Trinajstić information content (AvgIpc) is 2.41. The Kier molecular flexibility index (Phi) is 7.52. The van der Waals surface area contributed by atoms with Crippen LogP contribution in [-0.4, -0.2) is 35.5 Å². The first-order chi connectivity index (χ1) is 9.17. The van der Waals surface area contributed by atoms with Crippen molar-refractivity contribution >= 4 is 10.8 Å². The minimum absolute atomic E-state index is 0.288. The van der Waals surface area contributed by atoms with E-state index in [0.717, 1.165) is 5.75 Å². The molecule has 0 aliphatic heterocycles. The zero-order valence-electron chi connectivity index (χ0n) is 11.6. The second kappa shape index (κ2) is 8.93. The van der Waals surface area contributed by atoms with E-state index < -0.39 is 10.8 Å². The van der Waals surface area contributed by atoms with Gasteiger partial charge in [0.25, 0.3) is 0 Å². The van der Waals surface area contributed by atoms with Gasteiger partial charge in [0, 0.05) is 16.6 Å². The summed E-state index contributed by atoms with van der Waals surface area (Å²) in [6.07, 6.45) is 0. The molecule has 0 radical (unpaired) electrons. The fourth-order valence-electron chi connectivity index (χ4n) is 1.56.